The van der Waals surface area contributed by atoms with Crippen molar-refractivity contribution in [3.63, 3.8) is 0 Å². The summed E-state index contributed by atoms with van der Waals surface area (Å²) in [7, 11) is 1.98. The van der Waals surface area contributed by atoms with Crippen LogP contribution in [0.3, 0.4) is 0 Å². The van der Waals surface area contributed by atoms with E-state index in [1.54, 1.807) is 0 Å². The largest absolute Gasteiger partial charge is 0.377 e. The van der Waals surface area contributed by atoms with Crippen molar-refractivity contribution in [2.75, 3.05) is 31.7 Å². The second-order valence-corrected chi connectivity index (χ2v) is 4.76. The highest BCUT2D eigenvalue weighted by Gasteiger charge is 2.19. The molecule has 0 saturated carbocycles. The van der Waals surface area contributed by atoms with E-state index in [-0.39, 0.29) is 0 Å². The van der Waals surface area contributed by atoms with Crippen LogP contribution in [0.1, 0.15) is 18.1 Å². The minimum atomic E-state index is 0.471. The molecule has 3 heteroatoms. The smallest absolute Gasteiger partial charge is 0.0668 e. The second kappa shape index (κ2) is 5.52. The molecule has 1 atom stereocenters. The van der Waals surface area contributed by atoms with Gasteiger partial charge in [-0.2, -0.15) is 0 Å². The van der Waals surface area contributed by atoms with Gasteiger partial charge in [-0.05, 0) is 44.2 Å². The Hall–Kier alpha value is -1.06. The molecule has 1 saturated heterocycles. The Bertz CT molecular complexity index is 378. The first-order valence-corrected chi connectivity index (χ1v) is 6.31. The topological polar surface area (TPSA) is 24.5 Å². The van der Waals surface area contributed by atoms with Crippen LogP contribution in [0.25, 0.3) is 0 Å². The van der Waals surface area contributed by atoms with E-state index in [2.05, 4.69) is 42.3 Å². The first-order valence-electron chi connectivity index (χ1n) is 6.31. The molecule has 0 aliphatic carbocycles. The summed E-state index contributed by atoms with van der Waals surface area (Å²) in [5, 5.41) is 3.20. The Kier molecular flexibility index (Phi) is 4.02. The summed E-state index contributed by atoms with van der Waals surface area (Å²) in [6.07, 6.45) is 0. The van der Waals surface area contributed by atoms with Gasteiger partial charge in [0.05, 0.1) is 13.2 Å². The zero-order valence-corrected chi connectivity index (χ0v) is 11.0. The molecule has 1 aromatic carbocycles. The minimum absolute atomic E-state index is 0.471. The summed E-state index contributed by atoms with van der Waals surface area (Å²) < 4.78 is 5.47. The SMILES string of the molecule is CNCc1ccc(N2CCOCC2C)cc1C. The third-order valence-electron chi connectivity index (χ3n) is 3.39. The van der Waals surface area contributed by atoms with Crippen molar-refractivity contribution in [3.05, 3.63) is 29.3 Å². The van der Waals surface area contributed by atoms with Gasteiger partial charge in [0.25, 0.3) is 0 Å². The molecule has 2 rings (SSSR count). The molecular weight excluding hydrogens is 212 g/mol. The number of morpholine rings is 1. The number of nitrogens with zero attached hydrogens (tertiary/aromatic N) is 1. The molecule has 0 spiro atoms. The predicted octanol–water partition coefficient (Wildman–Crippen LogP) is 1.94. The molecule has 1 aromatic rings. The van der Waals surface area contributed by atoms with Gasteiger partial charge >= 0.3 is 0 Å². The van der Waals surface area contributed by atoms with Crippen molar-refractivity contribution in [3.8, 4) is 0 Å². The monoisotopic (exact) mass is 234 g/mol. The lowest BCUT2D eigenvalue weighted by Gasteiger charge is -2.35. The summed E-state index contributed by atoms with van der Waals surface area (Å²) in [4.78, 5) is 2.43. The Morgan fingerprint density at radius 1 is 1.47 bits per heavy atom. The summed E-state index contributed by atoms with van der Waals surface area (Å²) in [6.45, 7) is 7.99. The van der Waals surface area contributed by atoms with Gasteiger partial charge in [-0.3, -0.25) is 0 Å². The lowest BCUT2D eigenvalue weighted by Crippen LogP contribution is -2.43. The van der Waals surface area contributed by atoms with Crippen molar-refractivity contribution in [2.45, 2.75) is 26.4 Å². The van der Waals surface area contributed by atoms with Crippen molar-refractivity contribution in [1.29, 1.82) is 0 Å². The molecule has 1 unspecified atom stereocenters. The van der Waals surface area contributed by atoms with E-state index in [4.69, 9.17) is 4.74 Å². The summed E-state index contributed by atoms with van der Waals surface area (Å²) in [5.41, 5.74) is 4.05. The van der Waals surface area contributed by atoms with Crippen LogP contribution in [-0.4, -0.2) is 32.8 Å². The van der Waals surface area contributed by atoms with Crippen LogP contribution >= 0.6 is 0 Å². The maximum absolute atomic E-state index is 5.47. The van der Waals surface area contributed by atoms with Crippen LogP contribution in [0, 0.1) is 6.92 Å². The Morgan fingerprint density at radius 2 is 2.29 bits per heavy atom. The van der Waals surface area contributed by atoms with Gasteiger partial charge in [-0.25, -0.2) is 0 Å². The standard InChI is InChI=1S/C14H22N2O/c1-11-8-14(5-4-13(11)9-15-3)16-6-7-17-10-12(16)2/h4-5,8,12,15H,6-7,9-10H2,1-3H3. The van der Waals surface area contributed by atoms with E-state index in [1.165, 1.54) is 16.8 Å². The lowest BCUT2D eigenvalue weighted by molar-refractivity contribution is 0.0989. The van der Waals surface area contributed by atoms with E-state index in [0.717, 1.165) is 26.3 Å². The Morgan fingerprint density at radius 3 is 2.94 bits per heavy atom. The number of hydrogen-bond acceptors (Lipinski definition) is 3. The van der Waals surface area contributed by atoms with E-state index in [1.807, 2.05) is 7.05 Å². The molecular formula is C14H22N2O. The van der Waals surface area contributed by atoms with Crippen molar-refractivity contribution in [1.82, 2.24) is 5.32 Å². The highest BCUT2D eigenvalue weighted by atomic mass is 16.5. The number of hydrogen-bond donors (Lipinski definition) is 1. The quantitative estimate of drug-likeness (QED) is 0.865. The van der Waals surface area contributed by atoms with Gasteiger partial charge in [0.15, 0.2) is 0 Å². The van der Waals surface area contributed by atoms with Gasteiger partial charge in [0.2, 0.25) is 0 Å². The molecule has 0 bridgehead atoms. The number of nitrogens with one attached hydrogen (secondary N) is 1. The maximum Gasteiger partial charge on any atom is 0.0668 e. The fraction of sp³-hybridized carbons (Fsp3) is 0.571. The minimum Gasteiger partial charge on any atom is -0.377 e. The fourth-order valence-electron chi connectivity index (χ4n) is 2.36. The summed E-state index contributed by atoms with van der Waals surface area (Å²) >= 11 is 0. The highest BCUT2D eigenvalue weighted by molar-refractivity contribution is 5.51. The van der Waals surface area contributed by atoms with Gasteiger partial charge in [0.1, 0.15) is 0 Å². The molecule has 1 heterocycles. The average molecular weight is 234 g/mol. The summed E-state index contributed by atoms with van der Waals surface area (Å²) in [6, 6.07) is 7.21. The van der Waals surface area contributed by atoms with E-state index in [9.17, 15) is 0 Å². The molecule has 0 amide bonds. The second-order valence-electron chi connectivity index (χ2n) is 4.76. The van der Waals surface area contributed by atoms with Crippen LogP contribution in [0.4, 0.5) is 5.69 Å². The van der Waals surface area contributed by atoms with Gasteiger partial charge in [-0.1, -0.05) is 6.07 Å². The zero-order chi connectivity index (χ0) is 12.3. The molecule has 1 fully saturated rings. The highest BCUT2D eigenvalue weighted by Crippen LogP contribution is 2.22. The normalized spacial score (nSPS) is 20.6. The molecule has 1 aliphatic heterocycles. The first kappa shape index (κ1) is 12.4. The Labute approximate surface area is 104 Å². The van der Waals surface area contributed by atoms with Gasteiger partial charge < -0.3 is 15.0 Å². The van der Waals surface area contributed by atoms with Crippen molar-refractivity contribution >= 4 is 5.69 Å². The molecule has 3 nitrogen and oxygen atoms in total. The molecule has 94 valence electrons. The van der Waals surface area contributed by atoms with Gasteiger partial charge in [-0.15, -0.1) is 0 Å². The zero-order valence-electron chi connectivity index (χ0n) is 11.0. The molecule has 17 heavy (non-hydrogen) atoms. The van der Waals surface area contributed by atoms with Crippen molar-refractivity contribution in [2.24, 2.45) is 0 Å². The molecule has 1 aliphatic rings. The van der Waals surface area contributed by atoms with Crippen LogP contribution in [-0.2, 0) is 11.3 Å². The maximum atomic E-state index is 5.47. The third-order valence-corrected chi connectivity index (χ3v) is 3.39. The predicted molar refractivity (Wildman–Crippen MR) is 71.6 cm³/mol. The van der Waals surface area contributed by atoms with Gasteiger partial charge in [0, 0.05) is 24.8 Å². The average Bonchev–Trinajstić information content (AvgIpc) is 2.33. The van der Waals surface area contributed by atoms with Crippen LogP contribution in [0.15, 0.2) is 18.2 Å². The van der Waals surface area contributed by atoms with Crippen LogP contribution in [0.5, 0.6) is 0 Å². The Balaban J connectivity index is 2.18. The van der Waals surface area contributed by atoms with E-state index >= 15 is 0 Å². The number of ether oxygens (including phenoxy) is 1. The first-order chi connectivity index (χ1) is 8.22. The number of rotatable bonds is 3. The molecule has 0 aromatic heterocycles. The lowest BCUT2D eigenvalue weighted by atomic mass is 10.1. The van der Waals surface area contributed by atoms with Crippen LogP contribution in [0.2, 0.25) is 0 Å². The van der Waals surface area contributed by atoms with E-state index < -0.39 is 0 Å². The third kappa shape index (κ3) is 2.79. The number of benzene rings is 1. The summed E-state index contributed by atoms with van der Waals surface area (Å²) in [5.74, 6) is 0. The molecule has 0 radical (unpaired) electrons. The van der Waals surface area contributed by atoms with Crippen LogP contribution < -0.4 is 10.2 Å². The number of aryl methyl sites for hydroxylation is 1. The molecule has 1 N–H and O–H groups in total. The van der Waals surface area contributed by atoms with E-state index in [0.29, 0.717) is 6.04 Å². The fourth-order valence-corrected chi connectivity index (χ4v) is 2.36. The number of anilines is 1. The van der Waals surface area contributed by atoms with Crippen molar-refractivity contribution < 1.29 is 4.74 Å².